The number of carbonyl (C=O) groups excluding carboxylic acids is 1. The van der Waals surface area contributed by atoms with Gasteiger partial charge in [0, 0.05) is 5.56 Å². The van der Waals surface area contributed by atoms with Crippen molar-refractivity contribution in [1.82, 2.24) is 5.32 Å². The van der Waals surface area contributed by atoms with Gasteiger partial charge in [0.25, 0.3) is 5.91 Å². The van der Waals surface area contributed by atoms with E-state index in [1.165, 1.54) is 0 Å². The Bertz CT molecular complexity index is 570. The molecule has 1 amide bonds. The second-order valence-electron chi connectivity index (χ2n) is 4.49. The minimum Gasteiger partial charge on any atom is -0.347 e. The standard InChI is InChI=1S/C12H14ClNO3S/c1-8-4-2-3-5-9(8)12(15)14-11-7-18(16,17)6-10(11)13/h2-5,10-11H,6-7H2,1H3,(H,14,15). The normalized spacial score (nSPS) is 25.9. The van der Waals surface area contributed by atoms with Crippen LogP contribution in [0.1, 0.15) is 15.9 Å². The summed E-state index contributed by atoms with van der Waals surface area (Å²) in [7, 11) is -3.13. The molecule has 0 aromatic heterocycles. The summed E-state index contributed by atoms with van der Waals surface area (Å²) < 4.78 is 22.8. The number of amides is 1. The molecule has 18 heavy (non-hydrogen) atoms. The van der Waals surface area contributed by atoms with Gasteiger partial charge in [-0.15, -0.1) is 11.6 Å². The average Bonchev–Trinajstić information content (AvgIpc) is 2.52. The van der Waals surface area contributed by atoms with Crippen molar-refractivity contribution < 1.29 is 13.2 Å². The lowest BCUT2D eigenvalue weighted by Crippen LogP contribution is -2.40. The molecule has 4 nitrogen and oxygen atoms in total. The Kier molecular flexibility index (Phi) is 3.64. The lowest BCUT2D eigenvalue weighted by Gasteiger charge is -2.15. The van der Waals surface area contributed by atoms with Crippen LogP contribution in [0, 0.1) is 6.92 Å². The number of halogens is 1. The van der Waals surface area contributed by atoms with Gasteiger partial charge in [-0.3, -0.25) is 4.79 Å². The van der Waals surface area contributed by atoms with Crippen molar-refractivity contribution in [3.05, 3.63) is 35.4 Å². The van der Waals surface area contributed by atoms with Gasteiger partial charge in [-0.05, 0) is 18.6 Å². The number of rotatable bonds is 2. The van der Waals surface area contributed by atoms with Crippen LogP contribution < -0.4 is 5.32 Å². The zero-order chi connectivity index (χ0) is 13.3. The summed E-state index contributed by atoms with van der Waals surface area (Å²) in [6, 6.07) is 6.64. The molecule has 0 saturated carbocycles. The van der Waals surface area contributed by atoms with E-state index in [1.807, 2.05) is 19.1 Å². The lowest BCUT2D eigenvalue weighted by molar-refractivity contribution is 0.0941. The first-order valence-corrected chi connectivity index (χ1v) is 7.86. The molecule has 1 N–H and O–H groups in total. The van der Waals surface area contributed by atoms with Crippen molar-refractivity contribution in [3.63, 3.8) is 0 Å². The highest BCUT2D eigenvalue weighted by Gasteiger charge is 2.37. The number of alkyl halides is 1. The Hall–Kier alpha value is -1.07. The number of carbonyl (C=O) groups is 1. The molecule has 1 aromatic rings. The fraction of sp³-hybridized carbons (Fsp3) is 0.417. The maximum absolute atomic E-state index is 12.0. The van der Waals surface area contributed by atoms with Crippen LogP contribution in [0.3, 0.4) is 0 Å². The second-order valence-corrected chi connectivity index (χ2v) is 7.20. The Morgan fingerprint density at radius 1 is 1.33 bits per heavy atom. The Labute approximate surface area is 111 Å². The first kappa shape index (κ1) is 13.4. The van der Waals surface area contributed by atoms with Crippen LogP contribution in [0.2, 0.25) is 0 Å². The minimum atomic E-state index is -3.13. The molecule has 1 fully saturated rings. The van der Waals surface area contributed by atoms with E-state index < -0.39 is 21.3 Å². The molecule has 0 bridgehead atoms. The summed E-state index contributed by atoms with van der Waals surface area (Å²) in [4.78, 5) is 12.0. The average molecular weight is 288 g/mol. The third kappa shape index (κ3) is 2.84. The number of sulfone groups is 1. The molecule has 2 atom stereocenters. The van der Waals surface area contributed by atoms with Gasteiger partial charge in [-0.25, -0.2) is 8.42 Å². The number of hydrogen-bond donors (Lipinski definition) is 1. The number of hydrogen-bond acceptors (Lipinski definition) is 3. The van der Waals surface area contributed by atoms with Gasteiger partial charge in [0.05, 0.1) is 22.9 Å². The molecule has 2 unspecified atom stereocenters. The molecule has 98 valence electrons. The van der Waals surface area contributed by atoms with Crippen molar-refractivity contribution in [2.75, 3.05) is 11.5 Å². The van der Waals surface area contributed by atoms with E-state index in [2.05, 4.69) is 5.32 Å². The van der Waals surface area contributed by atoms with Gasteiger partial charge >= 0.3 is 0 Å². The molecule has 0 radical (unpaired) electrons. The first-order valence-electron chi connectivity index (χ1n) is 5.60. The predicted octanol–water partition coefficient (Wildman–Crippen LogP) is 1.13. The summed E-state index contributed by atoms with van der Waals surface area (Å²) in [5.41, 5.74) is 1.40. The smallest absolute Gasteiger partial charge is 0.251 e. The monoisotopic (exact) mass is 287 g/mol. The van der Waals surface area contributed by atoms with Crippen molar-refractivity contribution in [1.29, 1.82) is 0 Å². The van der Waals surface area contributed by atoms with Crippen molar-refractivity contribution >= 4 is 27.3 Å². The van der Waals surface area contributed by atoms with Gasteiger partial charge in [-0.2, -0.15) is 0 Å². The second kappa shape index (κ2) is 4.90. The number of aryl methyl sites for hydroxylation is 1. The van der Waals surface area contributed by atoms with Gasteiger partial charge in [0.15, 0.2) is 9.84 Å². The molecule has 1 aliphatic heterocycles. The van der Waals surface area contributed by atoms with Crippen LogP contribution in [-0.2, 0) is 9.84 Å². The molecule has 6 heteroatoms. The minimum absolute atomic E-state index is 0.0761. The molecule has 1 saturated heterocycles. The van der Waals surface area contributed by atoms with E-state index in [9.17, 15) is 13.2 Å². The van der Waals surface area contributed by atoms with E-state index in [4.69, 9.17) is 11.6 Å². The molecule has 1 aromatic carbocycles. The quantitative estimate of drug-likeness (QED) is 0.830. The lowest BCUT2D eigenvalue weighted by atomic mass is 10.1. The molecule has 1 heterocycles. The highest BCUT2D eigenvalue weighted by molar-refractivity contribution is 7.91. The van der Waals surface area contributed by atoms with Crippen LogP contribution in [0.4, 0.5) is 0 Å². The van der Waals surface area contributed by atoms with Gasteiger partial charge in [0.1, 0.15) is 0 Å². The zero-order valence-electron chi connectivity index (χ0n) is 9.89. The van der Waals surface area contributed by atoms with Crippen molar-refractivity contribution in [2.24, 2.45) is 0 Å². The van der Waals surface area contributed by atoms with E-state index in [-0.39, 0.29) is 17.4 Å². The summed E-state index contributed by atoms with van der Waals surface area (Å²) in [5.74, 6) is -0.438. The van der Waals surface area contributed by atoms with E-state index in [0.29, 0.717) is 5.56 Å². The number of nitrogens with one attached hydrogen (secondary N) is 1. The van der Waals surface area contributed by atoms with Gasteiger partial charge < -0.3 is 5.32 Å². The SMILES string of the molecule is Cc1ccccc1C(=O)NC1CS(=O)(=O)CC1Cl. The van der Waals surface area contributed by atoms with Crippen molar-refractivity contribution in [3.8, 4) is 0 Å². The molecule has 0 spiro atoms. The van der Waals surface area contributed by atoms with Crippen molar-refractivity contribution in [2.45, 2.75) is 18.3 Å². The van der Waals surface area contributed by atoms with Crippen LogP contribution in [-0.4, -0.2) is 37.2 Å². The first-order chi connectivity index (χ1) is 8.39. The predicted molar refractivity (Wildman–Crippen MR) is 70.7 cm³/mol. The highest BCUT2D eigenvalue weighted by Crippen LogP contribution is 2.18. The topological polar surface area (TPSA) is 63.2 Å². The molecule has 2 rings (SSSR count). The molecular weight excluding hydrogens is 274 g/mol. The summed E-state index contributed by atoms with van der Waals surface area (Å²) in [6.07, 6.45) is 0. The fourth-order valence-electron chi connectivity index (χ4n) is 2.01. The molecular formula is C12H14ClNO3S. The Balaban J connectivity index is 2.12. The fourth-order valence-corrected chi connectivity index (χ4v) is 4.56. The third-order valence-corrected chi connectivity index (χ3v) is 5.36. The Morgan fingerprint density at radius 2 is 2.00 bits per heavy atom. The summed E-state index contributed by atoms with van der Waals surface area (Å²) in [6.45, 7) is 1.83. The van der Waals surface area contributed by atoms with E-state index >= 15 is 0 Å². The number of benzene rings is 1. The molecule has 0 aliphatic carbocycles. The van der Waals surface area contributed by atoms with Gasteiger partial charge in [-0.1, -0.05) is 18.2 Å². The Morgan fingerprint density at radius 3 is 2.56 bits per heavy atom. The highest BCUT2D eigenvalue weighted by atomic mass is 35.5. The van der Waals surface area contributed by atoms with Gasteiger partial charge in [0.2, 0.25) is 0 Å². The van der Waals surface area contributed by atoms with E-state index in [1.54, 1.807) is 12.1 Å². The molecule has 1 aliphatic rings. The van der Waals surface area contributed by atoms with Crippen LogP contribution in [0.15, 0.2) is 24.3 Å². The third-order valence-electron chi connectivity index (χ3n) is 2.99. The van der Waals surface area contributed by atoms with Crippen LogP contribution in [0.25, 0.3) is 0 Å². The maximum atomic E-state index is 12.0. The zero-order valence-corrected chi connectivity index (χ0v) is 11.5. The largest absolute Gasteiger partial charge is 0.347 e. The van der Waals surface area contributed by atoms with E-state index in [0.717, 1.165) is 5.56 Å². The van der Waals surface area contributed by atoms with Crippen LogP contribution >= 0.6 is 11.6 Å². The maximum Gasteiger partial charge on any atom is 0.251 e. The van der Waals surface area contributed by atoms with Crippen LogP contribution in [0.5, 0.6) is 0 Å². The summed E-state index contributed by atoms with van der Waals surface area (Å²) in [5, 5.41) is 2.14. The summed E-state index contributed by atoms with van der Waals surface area (Å²) >= 11 is 5.94.